The van der Waals surface area contributed by atoms with Crippen LogP contribution in [0.5, 0.6) is 5.75 Å². The molecular formula is C18H23N3O5. The summed E-state index contributed by atoms with van der Waals surface area (Å²) in [7, 11) is 1.62. The van der Waals surface area contributed by atoms with Gasteiger partial charge in [0.15, 0.2) is 12.4 Å². The average molecular weight is 361 g/mol. The summed E-state index contributed by atoms with van der Waals surface area (Å²) >= 11 is 0. The highest BCUT2D eigenvalue weighted by Crippen LogP contribution is 2.25. The van der Waals surface area contributed by atoms with Crippen molar-refractivity contribution in [3.8, 4) is 5.75 Å². The van der Waals surface area contributed by atoms with Gasteiger partial charge in [-0.25, -0.2) is 0 Å². The van der Waals surface area contributed by atoms with Crippen LogP contribution in [0.4, 0.5) is 0 Å². The molecule has 0 bridgehead atoms. The van der Waals surface area contributed by atoms with Gasteiger partial charge < -0.3 is 23.6 Å². The zero-order valence-corrected chi connectivity index (χ0v) is 14.8. The van der Waals surface area contributed by atoms with Crippen LogP contribution in [0.25, 0.3) is 0 Å². The molecule has 8 nitrogen and oxygen atoms in total. The van der Waals surface area contributed by atoms with Gasteiger partial charge in [-0.2, -0.15) is 4.98 Å². The number of carbonyl (C=O) groups excluding carboxylic acids is 1. The van der Waals surface area contributed by atoms with Crippen molar-refractivity contribution in [2.75, 3.05) is 40.0 Å². The van der Waals surface area contributed by atoms with Gasteiger partial charge in [0.2, 0.25) is 0 Å². The first-order chi connectivity index (χ1) is 12.8. The van der Waals surface area contributed by atoms with Crippen LogP contribution in [0.3, 0.4) is 0 Å². The predicted octanol–water partition coefficient (Wildman–Crippen LogP) is 1.63. The Kier molecular flexibility index (Phi) is 6.56. The maximum Gasteiger partial charge on any atom is 0.260 e. The number of hydrogen-bond acceptors (Lipinski definition) is 7. The minimum atomic E-state index is -0.0389. The number of hydrogen-bond donors (Lipinski definition) is 0. The number of nitrogens with zero attached hydrogens (tertiary/aromatic N) is 3. The third-order valence-corrected chi connectivity index (χ3v) is 4.15. The molecule has 2 aromatic rings. The van der Waals surface area contributed by atoms with Gasteiger partial charge in [0, 0.05) is 26.1 Å². The van der Waals surface area contributed by atoms with Crippen LogP contribution in [0, 0.1) is 0 Å². The summed E-state index contributed by atoms with van der Waals surface area (Å²) in [5.74, 6) is 1.78. The summed E-state index contributed by atoms with van der Waals surface area (Å²) in [5, 5.41) is 4.02. The van der Waals surface area contributed by atoms with E-state index in [0.29, 0.717) is 43.8 Å². The Morgan fingerprint density at radius 2 is 2.15 bits per heavy atom. The number of likely N-dealkylation sites (tertiary alicyclic amines) is 1. The fraction of sp³-hybridized carbons (Fsp3) is 0.500. The zero-order chi connectivity index (χ0) is 18.2. The second-order valence-corrected chi connectivity index (χ2v) is 6.02. The topological polar surface area (TPSA) is 86.9 Å². The van der Waals surface area contributed by atoms with Crippen molar-refractivity contribution in [3.05, 3.63) is 42.0 Å². The van der Waals surface area contributed by atoms with E-state index >= 15 is 0 Å². The number of para-hydroxylation sites is 1. The van der Waals surface area contributed by atoms with Crippen LogP contribution in [-0.2, 0) is 20.9 Å². The van der Waals surface area contributed by atoms with Crippen LogP contribution < -0.4 is 4.74 Å². The first kappa shape index (κ1) is 18.3. The van der Waals surface area contributed by atoms with Crippen LogP contribution >= 0.6 is 0 Å². The molecule has 0 N–H and O–H groups in total. The van der Waals surface area contributed by atoms with Crippen molar-refractivity contribution in [3.63, 3.8) is 0 Å². The van der Waals surface area contributed by atoms with Crippen molar-refractivity contribution >= 4 is 5.91 Å². The Labute approximate surface area is 152 Å². The van der Waals surface area contributed by atoms with Gasteiger partial charge in [-0.1, -0.05) is 23.4 Å². The van der Waals surface area contributed by atoms with E-state index in [1.807, 2.05) is 30.3 Å². The highest BCUT2D eigenvalue weighted by Gasteiger charge is 2.30. The third-order valence-electron chi connectivity index (χ3n) is 4.15. The number of benzene rings is 1. The van der Waals surface area contributed by atoms with E-state index in [9.17, 15) is 4.79 Å². The van der Waals surface area contributed by atoms with E-state index in [0.717, 1.165) is 6.42 Å². The van der Waals surface area contributed by atoms with Gasteiger partial charge in [-0.05, 0) is 18.6 Å². The second kappa shape index (κ2) is 9.30. The number of carbonyl (C=O) groups is 1. The summed E-state index contributed by atoms with van der Waals surface area (Å²) in [5.41, 5.74) is 0. The average Bonchev–Trinajstić information content (AvgIpc) is 3.33. The summed E-state index contributed by atoms with van der Waals surface area (Å²) in [4.78, 5) is 18.4. The van der Waals surface area contributed by atoms with Crippen LogP contribution in [-0.4, -0.2) is 61.0 Å². The maximum absolute atomic E-state index is 12.3. The normalized spacial score (nSPS) is 16.8. The molecule has 0 spiro atoms. The lowest BCUT2D eigenvalue weighted by atomic mass is 10.1. The molecule has 0 aliphatic carbocycles. The number of amides is 1. The monoisotopic (exact) mass is 361 g/mol. The number of aromatic nitrogens is 2. The molecule has 26 heavy (non-hydrogen) atoms. The molecular weight excluding hydrogens is 338 g/mol. The fourth-order valence-electron chi connectivity index (χ4n) is 2.74. The highest BCUT2D eigenvalue weighted by atomic mass is 16.5. The fourth-order valence-corrected chi connectivity index (χ4v) is 2.74. The van der Waals surface area contributed by atoms with E-state index in [-0.39, 0.29) is 25.0 Å². The minimum Gasteiger partial charge on any atom is -0.484 e. The highest BCUT2D eigenvalue weighted by molar-refractivity contribution is 5.78. The molecule has 1 atom stereocenters. The lowest BCUT2D eigenvalue weighted by molar-refractivity contribution is -0.132. The van der Waals surface area contributed by atoms with E-state index in [1.165, 1.54) is 0 Å². The van der Waals surface area contributed by atoms with Gasteiger partial charge in [0.05, 0.1) is 13.2 Å². The predicted molar refractivity (Wildman–Crippen MR) is 91.7 cm³/mol. The summed E-state index contributed by atoms with van der Waals surface area (Å²) < 4.78 is 21.0. The molecule has 1 aliphatic heterocycles. The lowest BCUT2D eigenvalue weighted by Crippen LogP contribution is -2.32. The summed E-state index contributed by atoms with van der Waals surface area (Å²) in [6.45, 7) is 2.52. The molecule has 1 fully saturated rings. The first-order valence-corrected chi connectivity index (χ1v) is 8.61. The Bertz CT molecular complexity index is 691. The van der Waals surface area contributed by atoms with Crippen molar-refractivity contribution in [1.82, 2.24) is 15.0 Å². The Balaban J connectivity index is 1.44. The van der Waals surface area contributed by atoms with Crippen molar-refractivity contribution in [1.29, 1.82) is 0 Å². The lowest BCUT2D eigenvalue weighted by Gasteiger charge is -2.16. The van der Waals surface area contributed by atoms with Gasteiger partial charge >= 0.3 is 0 Å². The SMILES string of the molecule is COCCOCc1nc(C2CCN(C(=O)COc3ccccc3)C2)no1. The summed E-state index contributed by atoms with van der Waals surface area (Å²) in [6.07, 6.45) is 0.806. The number of methoxy groups -OCH3 is 1. The molecule has 1 aromatic carbocycles. The molecule has 1 amide bonds. The van der Waals surface area contributed by atoms with E-state index < -0.39 is 0 Å². The number of ether oxygens (including phenoxy) is 3. The molecule has 0 radical (unpaired) electrons. The van der Waals surface area contributed by atoms with Crippen LogP contribution in [0.2, 0.25) is 0 Å². The Morgan fingerprint density at radius 3 is 2.96 bits per heavy atom. The van der Waals surface area contributed by atoms with Crippen molar-refractivity contribution < 1.29 is 23.5 Å². The first-order valence-electron chi connectivity index (χ1n) is 8.61. The zero-order valence-electron chi connectivity index (χ0n) is 14.8. The Hall–Kier alpha value is -2.45. The van der Waals surface area contributed by atoms with Crippen molar-refractivity contribution in [2.45, 2.75) is 18.9 Å². The molecule has 0 saturated carbocycles. The molecule has 140 valence electrons. The van der Waals surface area contributed by atoms with Gasteiger partial charge in [0.1, 0.15) is 12.4 Å². The van der Waals surface area contributed by atoms with Crippen molar-refractivity contribution in [2.24, 2.45) is 0 Å². The second-order valence-electron chi connectivity index (χ2n) is 6.02. The quantitative estimate of drug-likeness (QED) is 0.627. The van der Waals surface area contributed by atoms with E-state index in [4.69, 9.17) is 18.7 Å². The molecule has 1 aliphatic rings. The molecule has 8 heteroatoms. The van der Waals surface area contributed by atoms with E-state index in [2.05, 4.69) is 10.1 Å². The molecule has 3 rings (SSSR count). The number of rotatable bonds is 9. The molecule has 2 heterocycles. The van der Waals surface area contributed by atoms with Gasteiger partial charge in [-0.3, -0.25) is 4.79 Å². The standard InChI is InChI=1S/C18H23N3O5/c1-23-9-10-24-12-16-19-18(20-26-16)14-7-8-21(11-14)17(22)13-25-15-5-3-2-4-6-15/h2-6,14H,7-13H2,1H3. The largest absolute Gasteiger partial charge is 0.484 e. The Morgan fingerprint density at radius 1 is 1.31 bits per heavy atom. The van der Waals surface area contributed by atoms with Gasteiger partial charge in [-0.15, -0.1) is 0 Å². The summed E-state index contributed by atoms with van der Waals surface area (Å²) in [6, 6.07) is 9.31. The molecule has 1 aromatic heterocycles. The van der Waals surface area contributed by atoms with E-state index in [1.54, 1.807) is 12.0 Å². The van der Waals surface area contributed by atoms with Gasteiger partial charge in [0.25, 0.3) is 11.8 Å². The third kappa shape index (κ3) is 5.03. The smallest absolute Gasteiger partial charge is 0.260 e. The molecule has 1 saturated heterocycles. The minimum absolute atomic E-state index is 0.0293. The van der Waals surface area contributed by atoms with Crippen LogP contribution in [0.1, 0.15) is 24.1 Å². The maximum atomic E-state index is 12.3. The van der Waals surface area contributed by atoms with Crippen LogP contribution in [0.15, 0.2) is 34.9 Å². The molecule has 1 unspecified atom stereocenters.